The highest BCUT2D eigenvalue weighted by Crippen LogP contribution is 2.50. The molecule has 0 radical (unpaired) electrons. The first-order valence-electron chi connectivity index (χ1n) is 32.7. The van der Waals surface area contributed by atoms with E-state index in [0.29, 0.717) is 47.3 Å². The van der Waals surface area contributed by atoms with Gasteiger partial charge in [-0.3, -0.25) is 0 Å². The molecule has 0 saturated carbocycles. The Morgan fingerprint density at radius 2 is 0.506 bits per heavy atom. The summed E-state index contributed by atoms with van der Waals surface area (Å²) >= 11 is 0. The second-order valence-corrected chi connectivity index (χ2v) is 27.5. The van der Waals surface area contributed by atoms with Crippen LogP contribution in [0.2, 0.25) is 0 Å². The molecule has 438 valence electrons. The molecule has 0 spiro atoms. The first-order chi connectivity index (χ1) is 41.8. The van der Waals surface area contributed by atoms with Gasteiger partial charge in [0.1, 0.15) is 0 Å². The van der Waals surface area contributed by atoms with Crippen LogP contribution in [0.1, 0.15) is 203 Å². The summed E-state index contributed by atoms with van der Waals surface area (Å²) in [5, 5.41) is 0. The van der Waals surface area contributed by atoms with Crippen molar-refractivity contribution in [1.82, 2.24) is 0 Å². The highest BCUT2D eigenvalue weighted by molar-refractivity contribution is 7.00. The summed E-state index contributed by atoms with van der Waals surface area (Å²) in [5.74, 6) is 2.91. The van der Waals surface area contributed by atoms with Crippen molar-refractivity contribution < 1.29 is 0 Å². The zero-order valence-electron chi connectivity index (χ0n) is 54.6. The third-order valence-electron chi connectivity index (χ3n) is 19.1. The van der Waals surface area contributed by atoms with Crippen molar-refractivity contribution in [1.29, 1.82) is 0 Å². The third kappa shape index (κ3) is 10.6. The molecule has 0 fully saturated rings. The van der Waals surface area contributed by atoms with Crippen LogP contribution in [0.3, 0.4) is 0 Å². The molecule has 0 atom stereocenters. The molecule has 2 aliphatic heterocycles. The van der Waals surface area contributed by atoms with Crippen LogP contribution >= 0.6 is 0 Å². The summed E-state index contributed by atoms with van der Waals surface area (Å²) in [6.45, 7) is 37.4. The minimum atomic E-state index is -0.115. The minimum absolute atomic E-state index is 0.115. The van der Waals surface area contributed by atoms with Gasteiger partial charge in [-0.1, -0.05) is 262 Å². The van der Waals surface area contributed by atoms with Gasteiger partial charge in [0, 0.05) is 34.1 Å². The number of benzene rings is 10. The van der Waals surface area contributed by atoms with Crippen molar-refractivity contribution in [3.8, 4) is 55.6 Å². The van der Waals surface area contributed by atoms with Gasteiger partial charge in [-0.05, 0) is 212 Å². The highest BCUT2D eigenvalue weighted by atomic mass is 15.2. The van der Waals surface area contributed by atoms with E-state index in [1.54, 1.807) is 0 Å². The van der Waals surface area contributed by atoms with Crippen LogP contribution in [0.15, 0.2) is 200 Å². The number of anilines is 6. The molecule has 0 unspecified atom stereocenters. The van der Waals surface area contributed by atoms with E-state index in [1.807, 2.05) is 0 Å². The molecular weight excluding hydrogens is 1050 g/mol. The predicted molar refractivity (Wildman–Crippen MR) is 380 cm³/mol. The van der Waals surface area contributed by atoms with E-state index in [4.69, 9.17) is 0 Å². The number of hydrogen-bond donors (Lipinski definition) is 0. The van der Waals surface area contributed by atoms with Gasteiger partial charge in [0.2, 0.25) is 0 Å². The molecule has 0 N–H and O–H groups in total. The molecule has 0 amide bonds. The normalized spacial score (nSPS) is 12.9. The minimum Gasteiger partial charge on any atom is -0.311 e. The molecule has 2 heterocycles. The van der Waals surface area contributed by atoms with Gasteiger partial charge >= 0.3 is 0 Å². The van der Waals surface area contributed by atoms with Crippen LogP contribution in [0, 0.1) is 0 Å². The molecule has 2 aliphatic rings. The fourth-order valence-corrected chi connectivity index (χ4v) is 14.8. The van der Waals surface area contributed by atoms with Crippen molar-refractivity contribution in [3.05, 3.63) is 245 Å². The largest absolute Gasteiger partial charge is 0.311 e. The number of fused-ring (bicyclic) bond motifs is 4. The predicted octanol–water partition coefficient (Wildman–Crippen LogP) is 23.1. The Hall–Kier alpha value is -8.14. The summed E-state index contributed by atoms with van der Waals surface area (Å²) in [5.41, 5.74) is 35.2. The first-order valence-corrected chi connectivity index (χ1v) is 32.7. The molecule has 0 bridgehead atoms. The van der Waals surface area contributed by atoms with Crippen LogP contribution in [-0.2, 0) is 0 Å². The maximum absolute atomic E-state index is 2.62. The maximum Gasteiger partial charge on any atom is 0.252 e. The van der Waals surface area contributed by atoms with Gasteiger partial charge in [0.05, 0.1) is 0 Å². The van der Waals surface area contributed by atoms with E-state index >= 15 is 0 Å². The lowest BCUT2D eigenvalue weighted by Gasteiger charge is -2.45. The van der Waals surface area contributed by atoms with Crippen molar-refractivity contribution in [2.24, 2.45) is 0 Å². The lowest BCUT2D eigenvalue weighted by molar-refractivity contribution is 0.838. The summed E-state index contributed by atoms with van der Waals surface area (Å²) < 4.78 is 0. The molecule has 10 aromatic carbocycles. The van der Waals surface area contributed by atoms with Gasteiger partial charge < -0.3 is 9.80 Å². The second-order valence-electron chi connectivity index (χ2n) is 27.5. The summed E-state index contributed by atoms with van der Waals surface area (Å²) in [6.07, 6.45) is 0. The molecule has 3 heteroatoms. The molecule has 0 saturated heterocycles. The quantitative estimate of drug-likeness (QED) is 0.0944. The third-order valence-corrected chi connectivity index (χ3v) is 19.1. The van der Waals surface area contributed by atoms with Crippen LogP contribution in [0.5, 0.6) is 0 Å². The summed E-state index contributed by atoms with van der Waals surface area (Å²) in [4.78, 5) is 5.24. The van der Waals surface area contributed by atoms with Gasteiger partial charge in [0.25, 0.3) is 6.71 Å². The molecule has 2 nitrogen and oxygen atoms in total. The van der Waals surface area contributed by atoms with Crippen molar-refractivity contribution in [3.63, 3.8) is 0 Å². The maximum atomic E-state index is 2.62. The highest BCUT2D eigenvalue weighted by Gasteiger charge is 2.44. The first kappa shape index (κ1) is 59.2. The van der Waals surface area contributed by atoms with Crippen LogP contribution in [-0.4, -0.2) is 6.71 Å². The average molecular weight is 1140 g/mol. The second kappa shape index (κ2) is 23.9. The average Bonchev–Trinajstić information content (AvgIpc) is 0.756. The van der Waals surface area contributed by atoms with Gasteiger partial charge in [0.15, 0.2) is 0 Å². The van der Waals surface area contributed by atoms with Crippen molar-refractivity contribution in [2.75, 3.05) is 9.80 Å². The Balaban J connectivity index is 1.19. The van der Waals surface area contributed by atoms with Crippen LogP contribution < -0.4 is 26.2 Å². The molecule has 87 heavy (non-hydrogen) atoms. The lowest BCUT2D eigenvalue weighted by atomic mass is 9.33. The van der Waals surface area contributed by atoms with Crippen LogP contribution in [0.25, 0.3) is 55.6 Å². The number of hydrogen-bond acceptors (Lipinski definition) is 2. The van der Waals surface area contributed by atoms with Gasteiger partial charge in [-0.2, -0.15) is 0 Å². The van der Waals surface area contributed by atoms with E-state index in [1.165, 1.54) is 139 Å². The fourth-order valence-electron chi connectivity index (χ4n) is 14.8. The summed E-state index contributed by atoms with van der Waals surface area (Å²) in [7, 11) is 0. The Labute approximate surface area is 522 Å². The Morgan fingerprint density at radius 3 is 0.793 bits per heavy atom. The van der Waals surface area contributed by atoms with Gasteiger partial charge in [-0.15, -0.1) is 0 Å². The molecule has 0 aromatic heterocycles. The van der Waals surface area contributed by atoms with Crippen molar-refractivity contribution >= 4 is 57.2 Å². The zero-order chi connectivity index (χ0) is 61.3. The van der Waals surface area contributed by atoms with E-state index in [-0.39, 0.29) is 6.71 Å². The summed E-state index contributed by atoms with van der Waals surface area (Å²) in [6, 6.07) is 78.3. The molecule has 12 rings (SSSR count). The molecule has 0 aliphatic carbocycles. The Kier molecular flexibility index (Phi) is 16.2. The Bertz CT molecular complexity index is 3820. The monoisotopic (exact) mass is 1140 g/mol. The van der Waals surface area contributed by atoms with E-state index in [9.17, 15) is 0 Å². The SMILES string of the molecule is CC(C)c1cccc(C(C)C)c1-c1ccc(N2c3ccc(-c4c(C(C)C)cccc4C(C)C)cc3B3c4cc(-c5c(C(C)C)cccc5C(C)C)ccc4N(c4ccc(-c5c(C(C)C)cccc5C(C)C)cc4)c4cc(-c5ccccc5)cc2c43)cc1. The lowest BCUT2D eigenvalue weighted by Crippen LogP contribution is -2.61. The van der Waals surface area contributed by atoms with Gasteiger partial charge in [-0.25, -0.2) is 0 Å². The Morgan fingerprint density at radius 1 is 0.230 bits per heavy atom. The number of rotatable bonds is 15. The fraction of sp³-hybridized carbons (Fsp3) is 0.286. The zero-order valence-corrected chi connectivity index (χ0v) is 54.6. The molecule has 10 aromatic rings. The number of nitrogens with zero attached hydrogens (tertiary/aromatic N) is 2. The van der Waals surface area contributed by atoms with E-state index in [0.717, 1.165) is 11.4 Å². The van der Waals surface area contributed by atoms with E-state index in [2.05, 4.69) is 321 Å². The standard InChI is InChI=1S/C84H89BN2/c1-50(2)66-26-20-27-67(51(3)4)80(66)59-34-40-64(41-35-59)86-76-44-38-61(82-70(54(9)10)30-22-31-71(82)55(11)12)46-74(76)85-75-47-62(83-72(56(13)14)32-23-33-73(83)57(15)16)39-45-77(75)87(79-49-63(48-78(86)84(79)85)58-24-18-17-19-25-58)65-42-36-60(37-43-65)81-68(52(5)6)28-21-29-69(81)53(7)8/h17-57H,1-16H3. The smallest absolute Gasteiger partial charge is 0.252 e. The van der Waals surface area contributed by atoms with Crippen LogP contribution in [0.4, 0.5) is 34.1 Å². The topological polar surface area (TPSA) is 6.48 Å². The molecular formula is C84H89BN2. The van der Waals surface area contributed by atoms with Crippen molar-refractivity contribution in [2.45, 2.75) is 158 Å². The van der Waals surface area contributed by atoms with E-state index < -0.39 is 0 Å².